The summed E-state index contributed by atoms with van der Waals surface area (Å²) in [6.07, 6.45) is 3.88. The van der Waals surface area contributed by atoms with Crippen LogP contribution in [0.5, 0.6) is 0 Å². The highest BCUT2D eigenvalue weighted by Crippen LogP contribution is 2.42. The zero-order valence-electron chi connectivity index (χ0n) is 17.0. The molecule has 2 atom stereocenters. The average Bonchev–Trinajstić information content (AvgIpc) is 3.34. The summed E-state index contributed by atoms with van der Waals surface area (Å²) in [5.74, 6) is 1.38. The lowest BCUT2D eigenvalue weighted by Gasteiger charge is -2.28. The number of aromatic nitrogens is 4. The predicted octanol–water partition coefficient (Wildman–Crippen LogP) is 2.15. The summed E-state index contributed by atoms with van der Waals surface area (Å²) in [6.45, 7) is 4.93. The molecule has 1 aromatic carbocycles. The number of benzene rings is 1. The number of H-pyrrole nitrogens is 1. The molecule has 2 aromatic heterocycles. The van der Waals surface area contributed by atoms with E-state index < -0.39 is 0 Å². The summed E-state index contributed by atoms with van der Waals surface area (Å²) < 4.78 is 1.66. The van der Waals surface area contributed by atoms with Gasteiger partial charge >= 0.3 is 0 Å². The SMILES string of the molecule is Cl.Cl.Cn1ncc2c(=O)[nH]c(CN3CC4CNCC4(CCc4ccccc4)C3)nc21. The Morgan fingerprint density at radius 2 is 2.03 bits per heavy atom. The number of nitrogens with zero attached hydrogens (tertiary/aromatic N) is 4. The highest BCUT2D eigenvalue weighted by molar-refractivity contribution is 5.85. The second-order valence-electron chi connectivity index (χ2n) is 8.36. The number of halogens is 2. The van der Waals surface area contributed by atoms with E-state index in [1.54, 1.807) is 10.9 Å². The quantitative estimate of drug-likeness (QED) is 0.622. The summed E-state index contributed by atoms with van der Waals surface area (Å²) in [5, 5.41) is 8.31. The predicted molar refractivity (Wildman–Crippen MR) is 122 cm³/mol. The van der Waals surface area contributed by atoms with Crippen LogP contribution in [0.1, 0.15) is 17.8 Å². The Bertz CT molecular complexity index is 1050. The van der Waals surface area contributed by atoms with Crippen LogP contribution in [0.4, 0.5) is 0 Å². The largest absolute Gasteiger partial charge is 0.316 e. The van der Waals surface area contributed by atoms with Crippen molar-refractivity contribution in [2.24, 2.45) is 18.4 Å². The highest BCUT2D eigenvalue weighted by Gasteiger charge is 2.48. The second kappa shape index (κ2) is 9.06. The lowest BCUT2D eigenvalue weighted by Crippen LogP contribution is -2.33. The molecule has 0 radical (unpaired) electrons. The summed E-state index contributed by atoms with van der Waals surface area (Å²) in [5.41, 5.74) is 2.27. The van der Waals surface area contributed by atoms with Crippen molar-refractivity contribution in [3.8, 4) is 0 Å². The number of fused-ring (bicyclic) bond motifs is 2. The van der Waals surface area contributed by atoms with Crippen molar-refractivity contribution in [1.29, 1.82) is 0 Å². The highest BCUT2D eigenvalue weighted by atomic mass is 35.5. The van der Waals surface area contributed by atoms with E-state index in [1.807, 2.05) is 7.05 Å². The molecule has 0 aliphatic carbocycles. The molecule has 2 saturated heterocycles. The van der Waals surface area contributed by atoms with Crippen molar-refractivity contribution < 1.29 is 0 Å². The minimum absolute atomic E-state index is 0. The molecular formula is C21H28Cl2N6O. The van der Waals surface area contributed by atoms with Crippen molar-refractivity contribution in [1.82, 2.24) is 30.0 Å². The topological polar surface area (TPSA) is 78.8 Å². The molecular weight excluding hydrogens is 423 g/mol. The number of hydrogen-bond acceptors (Lipinski definition) is 5. The normalized spacial score (nSPS) is 23.2. The zero-order valence-corrected chi connectivity index (χ0v) is 18.6. The van der Waals surface area contributed by atoms with Gasteiger partial charge < -0.3 is 10.3 Å². The van der Waals surface area contributed by atoms with Gasteiger partial charge in [0.2, 0.25) is 0 Å². The van der Waals surface area contributed by atoms with Crippen LogP contribution in [-0.2, 0) is 20.0 Å². The van der Waals surface area contributed by atoms with Crippen molar-refractivity contribution in [2.45, 2.75) is 19.4 Å². The minimum atomic E-state index is -0.104. The van der Waals surface area contributed by atoms with Crippen molar-refractivity contribution in [3.05, 3.63) is 58.3 Å². The van der Waals surface area contributed by atoms with Crippen molar-refractivity contribution in [3.63, 3.8) is 0 Å². The van der Waals surface area contributed by atoms with Gasteiger partial charge in [-0.1, -0.05) is 30.3 Å². The monoisotopic (exact) mass is 450 g/mol. The van der Waals surface area contributed by atoms with E-state index in [0.717, 1.165) is 38.4 Å². The van der Waals surface area contributed by atoms with Crippen LogP contribution in [0.3, 0.4) is 0 Å². The summed E-state index contributed by atoms with van der Waals surface area (Å²) in [7, 11) is 1.82. The Labute approximate surface area is 188 Å². The molecule has 7 nitrogen and oxygen atoms in total. The molecule has 30 heavy (non-hydrogen) atoms. The maximum Gasteiger partial charge on any atom is 0.262 e. The third kappa shape index (κ3) is 4.12. The molecule has 2 N–H and O–H groups in total. The Morgan fingerprint density at radius 3 is 2.83 bits per heavy atom. The number of hydrogen-bond donors (Lipinski definition) is 2. The number of likely N-dealkylation sites (tertiary alicyclic amines) is 1. The second-order valence-corrected chi connectivity index (χ2v) is 8.36. The van der Waals surface area contributed by atoms with E-state index in [1.165, 1.54) is 12.0 Å². The first-order valence-electron chi connectivity index (χ1n) is 10.0. The fourth-order valence-electron chi connectivity index (χ4n) is 5.02. The lowest BCUT2D eigenvalue weighted by molar-refractivity contribution is 0.234. The van der Waals surface area contributed by atoms with Gasteiger partial charge in [-0.15, -0.1) is 24.8 Å². The zero-order chi connectivity index (χ0) is 19.1. The fourth-order valence-corrected chi connectivity index (χ4v) is 5.02. The van der Waals surface area contributed by atoms with Gasteiger partial charge in [0.05, 0.1) is 12.7 Å². The first-order valence-corrected chi connectivity index (χ1v) is 10.0. The molecule has 0 saturated carbocycles. The van der Waals surface area contributed by atoms with Gasteiger partial charge in [-0.05, 0) is 30.9 Å². The molecule has 0 spiro atoms. The van der Waals surface area contributed by atoms with Gasteiger partial charge in [-0.2, -0.15) is 5.10 Å². The van der Waals surface area contributed by atoms with E-state index in [-0.39, 0.29) is 30.4 Å². The molecule has 2 fully saturated rings. The van der Waals surface area contributed by atoms with Gasteiger partial charge in [0.1, 0.15) is 11.2 Å². The van der Waals surface area contributed by atoms with Crippen LogP contribution >= 0.6 is 24.8 Å². The maximum absolute atomic E-state index is 12.3. The molecule has 2 unspecified atom stereocenters. The van der Waals surface area contributed by atoms with Crippen molar-refractivity contribution in [2.75, 3.05) is 26.2 Å². The van der Waals surface area contributed by atoms with E-state index in [0.29, 0.717) is 28.9 Å². The standard InChI is InChI=1S/C21H26N6O.2ClH/c1-26-19-17(10-23-26)20(28)25-18(24-19)12-27-11-16-9-22-13-21(16,14-27)8-7-15-5-3-2-4-6-15;;/h2-6,10,16,22H,7-9,11-14H2,1H3,(H,24,25,28);2*1H. The van der Waals surface area contributed by atoms with Crippen LogP contribution in [0.2, 0.25) is 0 Å². The smallest absolute Gasteiger partial charge is 0.262 e. The Hall–Kier alpha value is -1.93. The van der Waals surface area contributed by atoms with Gasteiger partial charge in [-0.3, -0.25) is 14.4 Å². The van der Waals surface area contributed by atoms with Gasteiger partial charge in [0, 0.05) is 32.1 Å². The molecule has 2 aliphatic rings. The first-order chi connectivity index (χ1) is 13.6. The minimum Gasteiger partial charge on any atom is -0.316 e. The first kappa shape index (κ1) is 22.7. The number of aryl methyl sites for hydroxylation is 2. The maximum atomic E-state index is 12.3. The molecule has 0 amide bonds. The number of aromatic amines is 1. The Kier molecular flexibility index (Phi) is 6.87. The van der Waals surface area contributed by atoms with E-state index in [4.69, 9.17) is 0 Å². The third-order valence-corrected chi connectivity index (χ3v) is 6.53. The molecule has 3 aromatic rings. The van der Waals surface area contributed by atoms with E-state index >= 15 is 0 Å². The number of nitrogens with one attached hydrogen (secondary N) is 2. The van der Waals surface area contributed by atoms with Crippen molar-refractivity contribution >= 4 is 35.8 Å². The summed E-state index contributed by atoms with van der Waals surface area (Å²) >= 11 is 0. The lowest BCUT2D eigenvalue weighted by atomic mass is 9.76. The Balaban J connectivity index is 0.00000128. The van der Waals surface area contributed by atoms with Crippen LogP contribution in [0.25, 0.3) is 11.0 Å². The summed E-state index contributed by atoms with van der Waals surface area (Å²) in [4.78, 5) is 22.4. The van der Waals surface area contributed by atoms with E-state index in [2.05, 4.69) is 55.6 Å². The van der Waals surface area contributed by atoms with E-state index in [9.17, 15) is 4.79 Å². The molecule has 5 rings (SSSR count). The van der Waals surface area contributed by atoms with Crippen LogP contribution in [-0.4, -0.2) is 50.8 Å². The van der Waals surface area contributed by atoms with Gasteiger partial charge in [0.15, 0.2) is 5.65 Å². The molecule has 9 heteroatoms. The van der Waals surface area contributed by atoms with Gasteiger partial charge in [0.25, 0.3) is 5.56 Å². The molecule has 162 valence electrons. The average molecular weight is 451 g/mol. The summed E-state index contributed by atoms with van der Waals surface area (Å²) in [6, 6.07) is 10.8. The molecule has 4 heterocycles. The molecule has 2 aliphatic heterocycles. The van der Waals surface area contributed by atoms with Gasteiger partial charge in [-0.25, -0.2) is 4.98 Å². The van der Waals surface area contributed by atoms with Crippen LogP contribution in [0, 0.1) is 11.3 Å². The molecule has 0 bridgehead atoms. The van der Waals surface area contributed by atoms with Crippen LogP contribution in [0.15, 0.2) is 41.3 Å². The third-order valence-electron chi connectivity index (χ3n) is 6.53. The fraction of sp³-hybridized carbons (Fsp3) is 0.476. The van der Waals surface area contributed by atoms with Crippen LogP contribution < -0.4 is 10.9 Å². The number of rotatable bonds is 5. The Morgan fingerprint density at radius 1 is 1.23 bits per heavy atom.